The van der Waals surface area contributed by atoms with Crippen molar-refractivity contribution in [1.29, 1.82) is 0 Å². The van der Waals surface area contributed by atoms with E-state index in [1.807, 2.05) is 0 Å². The predicted molar refractivity (Wildman–Crippen MR) is 76.4 cm³/mol. The number of benzene rings is 1. The lowest BCUT2D eigenvalue weighted by atomic mass is 10.1. The second-order valence-electron chi connectivity index (χ2n) is 4.18. The van der Waals surface area contributed by atoms with Crippen LogP contribution in [0.5, 0.6) is 5.75 Å². The highest BCUT2D eigenvalue weighted by Crippen LogP contribution is 2.31. The van der Waals surface area contributed by atoms with Crippen LogP contribution < -0.4 is 10.1 Å². The molecule has 110 valence electrons. The average molecular weight is 310 g/mol. The van der Waals surface area contributed by atoms with Crippen LogP contribution in [0.15, 0.2) is 28.9 Å². The van der Waals surface area contributed by atoms with Crippen molar-refractivity contribution in [1.82, 2.24) is 0 Å². The first-order valence-electron chi connectivity index (χ1n) is 5.90. The number of nitrogens with one attached hydrogen (secondary N) is 1. The molecule has 0 spiro atoms. The lowest BCUT2D eigenvalue weighted by Crippen LogP contribution is -2.13. The molecule has 0 saturated heterocycles. The molecule has 0 atom stereocenters. The average Bonchev–Trinajstić information content (AvgIpc) is 2.86. The summed E-state index contributed by atoms with van der Waals surface area (Å²) in [6.07, 6.45) is 1.40. The Labute approximate surface area is 125 Å². The molecule has 0 saturated carbocycles. The highest BCUT2D eigenvalue weighted by molar-refractivity contribution is 6.34. The molecule has 1 aromatic heterocycles. The van der Waals surface area contributed by atoms with E-state index in [9.17, 15) is 9.59 Å². The van der Waals surface area contributed by atoms with Crippen molar-refractivity contribution in [3.63, 3.8) is 0 Å². The second kappa shape index (κ2) is 5.88. The van der Waals surface area contributed by atoms with E-state index < -0.39 is 11.9 Å². The summed E-state index contributed by atoms with van der Waals surface area (Å²) < 4.78 is 10.0. The van der Waals surface area contributed by atoms with Gasteiger partial charge in [0.2, 0.25) is 0 Å². The van der Waals surface area contributed by atoms with Gasteiger partial charge in [0.15, 0.2) is 0 Å². The van der Waals surface area contributed by atoms with Crippen molar-refractivity contribution in [2.24, 2.45) is 0 Å². The lowest BCUT2D eigenvalue weighted by Gasteiger charge is -2.11. The minimum absolute atomic E-state index is 0.0833. The number of anilines is 1. The molecule has 21 heavy (non-hydrogen) atoms. The van der Waals surface area contributed by atoms with Crippen LogP contribution in [0.4, 0.5) is 5.69 Å². The van der Waals surface area contributed by atoms with Gasteiger partial charge < -0.3 is 19.6 Å². The van der Waals surface area contributed by atoms with Crippen LogP contribution in [0.1, 0.15) is 26.5 Å². The van der Waals surface area contributed by atoms with Gasteiger partial charge in [-0.05, 0) is 19.1 Å². The summed E-state index contributed by atoms with van der Waals surface area (Å²) in [4.78, 5) is 23.1. The fourth-order valence-corrected chi connectivity index (χ4v) is 2.01. The van der Waals surface area contributed by atoms with E-state index in [2.05, 4.69) is 5.32 Å². The van der Waals surface area contributed by atoms with E-state index in [0.29, 0.717) is 11.3 Å². The molecule has 0 aliphatic rings. The number of hydrogen-bond donors (Lipinski definition) is 2. The molecule has 2 aromatic rings. The predicted octanol–water partition coefficient (Wildman–Crippen LogP) is 3.20. The number of rotatable bonds is 4. The number of hydrogen-bond acceptors (Lipinski definition) is 4. The van der Waals surface area contributed by atoms with Gasteiger partial charge in [-0.1, -0.05) is 11.6 Å². The molecule has 0 bridgehead atoms. The maximum Gasteiger partial charge on any atom is 0.339 e. The van der Waals surface area contributed by atoms with Crippen LogP contribution in [0, 0.1) is 6.92 Å². The molecule has 2 N–H and O–H groups in total. The zero-order valence-electron chi connectivity index (χ0n) is 11.3. The summed E-state index contributed by atoms with van der Waals surface area (Å²) >= 11 is 5.99. The van der Waals surface area contributed by atoms with Crippen LogP contribution in [0.25, 0.3) is 0 Å². The maximum absolute atomic E-state index is 12.1. The van der Waals surface area contributed by atoms with Crippen LogP contribution in [0.2, 0.25) is 5.02 Å². The Morgan fingerprint density at radius 3 is 2.57 bits per heavy atom. The van der Waals surface area contributed by atoms with E-state index in [1.165, 1.54) is 31.6 Å². The van der Waals surface area contributed by atoms with Crippen molar-refractivity contribution < 1.29 is 23.8 Å². The van der Waals surface area contributed by atoms with Crippen molar-refractivity contribution in [3.05, 3.63) is 46.4 Å². The number of aryl methyl sites for hydroxylation is 1. The van der Waals surface area contributed by atoms with Crippen molar-refractivity contribution >= 4 is 29.2 Å². The molecule has 6 nitrogen and oxygen atoms in total. The molecule has 0 fully saturated rings. The zero-order valence-corrected chi connectivity index (χ0v) is 12.0. The summed E-state index contributed by atoms with van der Waals surface area (Å²) in [5, 5.41) is 11.7. The van der Waals surface area contributed by atoms with Crippen LogP contribution >= 0.6 is 11.6 Å². The number of halogens is 1. The minimum Gasteiger partial charge on any atom is -0.496 e. The maximum atomic E-state index is 12.1. The largest absolute Gasteiger partial charge is 0.496 e. The number of aromatic carboxylic acids is 1. The molecule has 0 radical (unpaired) electrons. The minimum atomic E-state index is -1.17. The molecule has 1 heterocycles. The van der Waals surface area contributed by atoms with Crippen LogP contribution in [0.3, 0.4) is 0 Å². The first kappa shape index (κ1) is 14.9. The van der Waals surface area contributed by atoms with Crippen LogP contribution in [-0.2, 0) is 0 Å². The number of furan rings is 1. The zero-order chi connectivity index (χ0) is 15.6. The number of amides is 1. The van der Waals surface area contributed by atoms with Gasteiger partial charge in [0, 0.05) is 6.07 Å². The summed E-state index contributed by atoms with van der Waals surface area (Å²) in [5.74, 6) is -1.01. The summed E-state index contributed by atoms with van der Waals surface area (Å²) in [6, 6.07) is 4.11. The fraction of sp³-hybridized carbons (Fsp3) is 0.143. The molecular weight excluding hydrogens is 298 g/mol. The smallest absolute Gasteiger partial charge is 0.339 e. The highest BCUT2D eigenvalue weighted by Gasteiger charge is 2.18. The van der Waals surface area contributed by atoms with Crippen molar-refractivity contribution in [2.75, 3.05) is 12.4 Å². The Morgan fingerprint density at radius 1 is 1.33 bits per heavy atom. The molecule has 0 aliphatic carbocycles. The second-order valence-corrected chi connectivity index (χ2v) is 4.59. The molecular formula is C14H12ClNO5. The number of carboxylic acids is 1. The van der Waals surface area contributed by atoms with Gasteiger partial charge in [0.05, 0.1) is 29.6 Å². The Kier molecular flexibility index (Phi) is 4.18. The van der Waals surface area contributed by atoms with E-state index in [4.69, 9.17) is 25.9 Å². The highest BCUT2D eigenvalue weighted by atomic mass is 35.5. The van der Waals surface area contributed by atoms with Crippen molar-refractivity contribution in [3.8, 4) is 5.75 Å². The number of carboxylic acid groups (broad SMARTS) is 1. The van der Waals surface area contributed by atoms with E-state index in [1.54, 1.807) is 6.92 Å². The monoisotopic (exact) mass is 309 g/mol. The van der Waals surface area contributed by atoms with Gasteiger partial charge in [-0.25, -0.2) is 4.79 Å². The SMILES string of the molecule is COc1cc(NC(=O)c2ccoc2C)c(Cl)cc1C(=O)O. The van der Waals surface area contributed by atoms with E-state index in [-0.39, 0.29) is 22.0 Å². The first-order chi connectivity index (χ1) is 9.93. The van der Waals surface area contributed by atoms with Gasteiger partial charge in [-0.2, -0.15) is 0 Å². The molecule has 7 heteroatoms. The van der Waals surface area contributed by atoms with E-state index >= 15 is 0 Å². The third-order valence-corrected chi connectivity index (χ3v) is 3.18. The summed E-state index contributed by atoms with van der Waals surface area (Å²) in [7, 11) is 1.33. The standard InChI is InChI=1S/C14H12ClNO5/c1-7-8(3-4-21-7)13(17)16-11-6-12(20-2)9(14(18)19)5-10(11)15/h3-6H,1-2H3,(H,16,17)(H,18,19). The summed E-state index contributed by atoms with van der Waals surface area (Å²) in [6.45, 7) is 1.66. The third kappa shape index (κ3) is 3.00. The quantitative estimate of drug-likeness (QED) is 0.905. The number of ether oxygens (including phenoxy) is 1. The van der Waals surface area contributed by atoms with Crippen LogP contribution in [-0.4, -0.2) is 24.1 Å². The Balaban J connectivity index is 2.35. The number of carbonyl (C=O) groups excluding carboxylic acids is 1. The number of carbonyl (C=O) groups is 2. The normalized spacial score (nSPS) is 10.2. The molecule has 0 unspecified atom stereocenters. The molecule has 0 aliphatic heterocycles. The van der Waals surface area contributed by atoms with Gasteiger partial charge in [-0.15, -0.1) is 0 Å². The van der Waals surface area contributed by atoms with Crippen molar-refractivity contribution in [2.45, 2.75) is 6.92 Å². The van der Waals surface area contributed by atoms with Gasteiger partial charge in [0.1, 0.15) is 17.1 Å². The fourth-order valence-electron chi connectivity index (χ4n) is 1.80. The lowest BCUT2D eigenvalue weighted by molar-refractivity contribution is 0.0693. The van der Waals surface area contributed by atoms with Gasteiger partial charge in [0.25, 0.3) is 5.91 Å². The molecule has 2 rings (SSSR count). The Hall–Kier alpha value is -2.47. The Morgan fingerprint density at radius 2 is 2.05 bits per heavy atom. The third-order valence-electron chi connectivity index (χ3n) is 2.87. The van der Waals surface area contributed by atoms with Gasteiger partial charge >= 0.3 is 5.97 Å². The summed E-state index contributed by atoms with van der Waals surface area (Å²) in [5.41, 5.74) is 0.538. The first-order valence-corrected chi connectivity index (χ1v) is 6.28. The molecule has 1 aromatic carbocycles. The van der Waals surface area contributed by atoms with E-state index in [0.717, 1.165) is 0 Å². The van der Waals surface area contributed by atoms with Gasteiger partial charge in [-0.3, -0.25) is 4.79 Å². The Bertz CT molecular complexity index is 707. The molecule has 1 amide bonds. The topological polar surface area (TPSA) is 88.8 Å². The number of methoxy groups -OCH3 is 1.